The second kappa shape index (κ2) is 13.6. The molecule has 0 aliphatic carbocycles. The van der Waals surface area contributed by atoms with Gasteiger partial charge in [0.2, 0.25) is 0 Å². The average molecular weight is 377 g/mol. The third kappa shape index (κ3) is 9.76. The Balaban J connectivity index is 1.37. The first-order valence-electron chi connectivity index (χ1n) is 8.81. The highest BCUT2D eigenvalue weighted by Gasteiger charge is 2.19. The minimum absolute atomic E-state index is 0.356. The summed E-state index contributed by atoms with van der Waals surface area (Å²) in [6.45, 7) is 2.98. The Hall–Kier alpha value is -1.62. The molecule has 5 nitrogen and oxygen atoms in total. The van der Waals surface area contributed by atoms with Crippen molar-refractivity contribution in [1.29, 1.82) is 0 Å². The zero-order valence-electron chi connectivity index (χ0n) is 14.9. The molecule has 2 aromatic rings. The Labute approximate surface area is 156 Å². The zero-order chi connectivity index (χ0) is 18.3. The van der Waals surface area contributed by atoms with Crippen LogP contribution in [0.25, 0.3) is 0 Å². The molecule has 0 unspecified atom stereocenters. The molecule has 0 amide bonds. The third-order valence-electron chi connectivity index (χ3n) is 3.48. The first-order chi connectivity index (χ1) is 12.8. The summed E-state index contributed by atoms with van der Waals surface area (Å²) in [7, 11) is -2.07. The largest absolute Gasteiger partial charge is 0.697 e. The van der Waals surface area contributed by atoms with E-state index in [0.717, 1.165) is 11.1 Å². The minimum atomic E-state index is -2.07. The van der Waals surface area contributed by atoms with E-state index < -0.39 is 8.25 Å². The lowest BCUT2D eigenvalue weighted by molar-refractivity contribution is 0.0982. The molecule has 0 saturated carbocycles. The number of hydrogen-bond donors (Lipinski definition) is 0. The molecular weight excluding hydrogens is 351 g/mol. The molecule has 0 bridgehead atoms. The fourth-order valence-electron chi connectivity index (χ4n) is 2.17. The molecule has 0 atom stereocenters. The van der Waals surface area contributed by atoms with Gasteiger partial charge in [-0.1, -0.05) is 60.7 Å². The Morgan fingerprint density at radius 3 is 1.46 bits per heavy atom. The van der Waals surface area contributed by atoms with Crippen molar-refractivity contribution in [1.82, 2.24) is 0 Å². The van der Waals surface area contributed by atoms with Crippen molar-refractivity contribution in [3.8, 4) is 0 Å². The van der Waals surface area contributed by atoms with Crippen LogP contribution >= 0.6 is 8.25 Å². The lowest BCUT2D eigenvalue weighted by Crippen LogP contribution is -2.01. The van der Waals surface area contributed by atoms with Crippen molar-refractivity contribution in [3.63, 3.8) is 0 Å². The van der Waals surface area contributed by atoms with Crippen LogP contribution in [-0.2, 0) is 36.3 Å². The van der Waals surface area contributed by atoms with E-state index >= 15 is 0 Å². The van der Waals surface area contributed by atoms with Crippen LogP contribution in [0.5, 0.6) is 0 Å². The lowest BCUT2D eigenvalue weighted by Gasteiger charge is -2.03. The van der Waals surface area contributed by atoms with Crippen molar-refractivity contribution in [2.24, 2.45) is 0 Å². The van der Waals surface area contributed by atoms with Crippen molar-refractivity contribution in [2.75, 3.05) is 26.4 Å². The maximum Gasteiger partial charge on any atom is 0.697 e. The summed E-state index contributed by atoms with van der Waals surface area (Å²) < 4.78 is 32.9. The number of hydrogen-bond acceptors (Lipinski definition) is 5. The third-order valence-corrected chi connectivity index (χ3v) is 4.27. The SMILES string of the molecule is O=[P+](OCCCOCc1ccccc1)OCCCOCc1ccccc1. The lowest BCUT2D eigenvalue weighted by atomic mass is 10.2. The molecule has 0 aliphatic heterocycles. The van der Waals surface area contributed by atoms with Gasteiger partial charge < -0.3 is 9.47 Å². The van der Waals surface area contributed by atoms with E-state index in [1.54, 1.807) is 0 Å². The van der Waals surface area contributed by atoms with Gasteiger partial charge in [-0.3, -0.25) is 0 Å². The predicted octanol–water partition coefficient (Wildman–Crippen LogP) is 4.89. The highest BCUT2D eigenvalue weighted by atomic mass is 31.1. The molecule has 0 aliphatic rings. The first-order valence-corrected chi connectivity index (χ1v) is 9.90. The highest BCUT2D eigenvalue weighted by Crippen LogP contribution is 2.23. The molecule has 0 N–H and O–H groups in total. The van der Waals surface area contributed by atoms with Gasteiger partial charge >= 0.3 is 8.25 Å². The summed E-state index contributed by atoms with van der Waals surface area (Å²) in [6.07, 6.45) is 1.36. The Kier molecular flexibility index (Phi) is 10.8. The van der Waals surface area contributed by atoms with Crippen LogP contribution in [0.3, 0.4) is 0 Å². The normalized spacial score (nSPS) is 10.8. The van der Waals surface area contributed by atoms with Crippen molar-refractivity contribution in [2.45, 2.75) is 26.1 Å². The summed E-state index contributed by atoms with van der Waals surface area (Å²) in [5.74, 6) is 0. The fraction of sp³-hybridized carbons (Fsp3) is 0.400. The number of ether oxygens (including phenoxy) is 2. The van der Waals surface area contributed by atoms with Gasteiger partial charge in [0.15, 0.2) is 0 Å². The van der Waals surface area contributed by atoms with E-state index in [1.165, 1.54) is 0 Å². The summed E-state index contributed by atoms with van der Waals surface area (Å²) in [5, 5.41) is 0. The standard InChI is InChI=1S/C20H26O5P/c21-26(24-15-7-13-22-17-19-9-3-1-4-10-19)25-16-8-14-23-18-20-11-5-2-6-12-20/h1-6,9-12H,7-8,13-18H2/q+1. The summed E-state index contributed by atoms with van der Waals surface area (Å²) in [4.78, 5) is 0. The van der Waals surface area contributed by atoms with E-state index in [-0.39, 0.29) is 0 Å². The van der Waals surface area contributed by atoms with Gasteiger partial charge in [-0.25, -0.2) is 0 Å². The van der Waals surface area contributed by atoms with E-state index in [2.05, 4.69) is 0 Å². The Bertz CT molecular complexity index is 553. The van der Waals surface area contributed by atoms with Crippen LogP contribution < -0.4 is 0 Å². The van der Waals surface area contributed by atoms with E-state index in [1.807, 2.05) is 60.7 Å². The molecule has 0 radical (unpaired) electrons. The van der Waals surface area contributed by atoms with E-state index in [9.17, 15) is 4.57 Å². The van der Waals surface area contributed by atoms with Crippen LogP contribution in [0.15, 0.2) is 60.7 Å². The van der Waals surface area contributed by atoms with Crippen molar-refractivity contribution in [3.05, 3.63) is 71.8 Å². The molecule has 0 heterocycles. The topological polar surface area (TPSA) is 54.0 Å². The van der Waals surface area contributed by atoms with Crippen LogP contribution in [0, 0.1) is 0 Å². The molecule has 26 heavy (non-hydrogen) atoms. The predicted molar refractivity (Wildman–Crippen MR) is 101 cm³/mol. The van der Waals surface area contributed by atoms with Crippen molar-refractivity contribution >= 4 is 8.25 Å². The first kappa shape index (κ1) is 20.7. The number of benzene rings is 2. The van der Waals surface area contributed by atoms with Gasteiger partial charge in [0.05, 0.1) is 13.2 Å². The summed E-state index contributed by atoms with van der Waals surface area (Å²) >= 11 is 0. The Morgan fingerprint density at radius 1 is 0.615 bits per heavy atom. The molecule has 2 aromatic carbocycles. The molecule has 0 saturated heterocycles. The molecular formula is C20H26O5P+. The highest BCUT2D eigenvalue weighted by molar-refractivity contribution is 7.33. The molecule has 0 aromatic heterocycles. The summed E-state index contributed by atoms with van der Waals surface area (Å²) in [6, 6.07) is 20.0. The van der Waals surface area contributed by atoms with E-state index in [4.69, 9.17) is 18.5 Å². The zero-order valence-corrected chi connectivity index (χ0v) is 15.8. The molecule has 2 rings (SSSR count). The van der Waals surface area contributed by atoms with Crippen molar-refractivity contribution < 1.29 is 23.1 Å². The molecule has 6 heteroatoms. The van der Waals surface area contributed by atoms with Gasteiger partial charge in [0.25, 0.3) is 0 Å². The summed E-state index contributed by atoms with van der Waals surface area (Å²) in [5.41, 5.74) is 2.27. The Morgan fingerprint density at radius 2 is 1.04 bits per heavy atom. The van der Waals surface area contributed by atoms with Gasteiger partial charge in [0, 0.05) is 17.8 Å². The second-order valence-electron chi connectivity index (χ2n) is 5.67. The van der Waals surface area contributed by atoms with Gasteiger partial charge in [-0.15, -0.1) is 9.05 Å². The minimum Gasteiger partial charge on any atom is -0.377 e. The quantitative estimate of drug-likeness (QED) is 0.347. The average Bonchev–Trinajstić information content (AvgIpc) is 2.69. The van der Waals surface area contributed by atoms with Crippen LogP contribution in [0.2, 0.25) is 0 Å². The van der Waals surface area contributed by atoms with Gasteiger partial charge in [-0.2, -0.15) is 0 Å². The fourth-order valence-corrected chi connectivity index (χ4v) is 2.80. The monoisotopic (exact) mass is 377 g/mol. The maximum atomic E-state index is 11.6. The van der Waals surface area contributed by atoms with Crippen LogP contribution in [0.4, 0.5) is 0 Å². The molecule has 0 fully saturated rings. The maximum absolute atomic E-state index is 11.6. The van der Waals surface area contributed by atoms with E-state index in [0.29, 0.717) is 52.5 Å². The van der Waals surface area contributed by atoms with Gasteiger partial charge in [0.1, 0.15) is 13.2 Å². The van der Waals surface area contributed by atoms with Crippen LogP contribution in [-0.4, -0.2) is 26.4 Å². The number of rotatable bonds is 14. The van der Waals surface area contributed by atoms with Gasteiger partial charge in [-0.05, 0) is 24.0 Å². The second-order valence-corrected chi connectivity index (χ2v) is 6.64. The van der Waals surface area contributed by atoms with Crippen LogP contribution in [0.1, 0.15) is 24.0 Å². The molecule has 0 spiro atoms. The molecule has 140 valence electrons. The smallest absolute Gasteiger partial charge is 0.377 e.